The summed E-state index contributed by atoms with van der Waals surface area (Å²) >= 11 is 8.61. The monoisotopic (exact) mass is 445 g/mol. The number of amides is 2. The van der Waals surface area contributed by atoms with E-state index in [0.29, 0.717) is 16.4 Å². The SMILES string of the molecule is Cc1cccc(NC(=O)Cc2csc(SCC(=O)Nc3ccc(Cl)cc3)n2)c1C. The molecule has 0 saturated carbocycles. The first-order chi connectivity index (χ1) is 13.9. The van der Waals surface area contributed by atoms with E-state index in [1.165, 1.54) is 23.1 Å². The quantitative estimate of drug-likeness (QED) is 0.482. The van der Waals surface area contributed by atoms with Gasteiger partial charge in [0.05, 0.1) is 17.9 Å². The van der Waals surface area contributed by atoms with Crippen molar-refractivity contribution in [2.75, 3.05) is 16.4 Å². The Morgan fingerprint density at radius 2 is 1.83 bits per heavy atom. The Balaban J connectivity index is 1.48. The highest BCUT2D eigenvalue weighted by Crippen LogP contribution is 2.24. The molecule has 29 heavy (non-hydrogen) atoms. The van der Waals surface area contributed by atoms with Gasteiger partial charge in [-0.2, -0.15) is 0 Å². The number of thioether (sulfide) groups is 1. The molecule has 3 aromatic rings. The first-order valence-corrected chi connectivity index (χ1v) is 11.1. The van der Waals surface area contributed by atoms with Gasteiger partial charge in [-0.15, -0.1) is 11.3 Å². The average Bonchev–Trinajstić information content (AvgIpc) is 3.13. The van der Waals surface area contributed by atoms with E-state index in [0.717, 1.165) is 21.2 Å². The zero-order valence-corrected chi connectivity index (χ0v) is 18.4. The molecule has 0 unspecified atom stereocenters. The fourth-order valence-corrected chi connectivity index (χ4v) is 4.31. The number of aryl methyl sites for hydroxylation is 1. The van der Waals surface area contributed by atoms with Gasteiger partial charge >= 0.3 is 0 Å². The van der Waals surface area contributed by atoms with Crippen LogP contribution in [0.1, 0.15) is 16.8 Å². The standard InChI is InChI=1S/C21H20ClN3O2S2/c1-13-4-3-5-18(14(13)2)25-19(26)10-17-11-28-21(24-17)29-12-20(27)23-16-8-6-15(22)7-9-16/h3-9,11H,10,12H2,1-2H3,(H,23,27)(H,25,26). The molecule has 1 aromatic heterocycles. The van der Waals surface area contributed by atoms with Gasteiger partial charge in [-0.05, 0) is 55.3 Å². The summed E-state index contributed by atoms with van der Waals surface area (Å²) in [6, 6.07) is 12.8. The van der Waals surface area contributed by atoms with E-state index in [2.05, 4.69) is 15.6 Å². The van der Waals surface area contributed by atoms with Gasteiger partial charge < -0.3 is 10.6 Å². The summed E-state index contributed by atoms with van der Waals surface area (Å²) in [5.74, 6) is 0.00679. The topological polar surface area (TPSA) is 71.1 Å². The maximum absolute atomic E-state index is 12.3. The van der Waals surface area contributed by atoms with Crippen LogP contribution in [0.2, 0.25) is 5.02 Å². The third-order valence-electron chi connectivity index (χ3n) is 4.21. The fourth-order valence-electron chi connectivity index (χ4n) is 2.54. The third kappa shape index (κ3) is 6.32. The van der Waals surface area contributed by atoms with E-state index in [-0.39, 0.29) is 24.0 Å². The summed E-state index contributed by atoms with van der Waals surface area (Å²) in [5, 5.41) is 8.21. The lowest BCUT2D eigenvalue weighted by molar-refractivity contribution is -0.116. The summed E-state index contributed by atoms with van der Waals surface area (Å²) in [5.41, 5.74) is 4.40. The van der Waals surface area contributed by atoms with E-state index < -0.39 is 0 Å². The van der Waals surface area contributed by atoms with Gasteiger partial charge in [0.2, 0.25) is 11.8 Å². The second kappa shape index (κ2) is 9.91. The van der Waals surface area contributed by atoms with Crippen LogP contribution in [-0.4, -0.2) is 22.6 Å². The number of nitrogens with zero attached hydrogens (tertiary/aromatic N) is 1. The predicted molar refractivity (Wildman–Crippen MR) is 121 cm³/mol. The molecule has 0 fully saturated rings. The molecule has 2 aromatic carbocycles. The zero-order valence-electron chi connectivity index (χ0n) is 16.0. The molecule has 0 atom stereocenters. The number of aromatic nitrogens is 1. The smallest absolute Gasteiger partial charge is 0.234 e. The van der Waals surface area contributed by atoms with Gasteiger partial charge in [0, 0.05) is 21.8 Å². The maximum Gasteiger partial charge on any atom is 0.234 e. The molecule has 0 saturated heterocycles. The highest BCUT2D eigenvalue weighted by atomic mass is 35.5. The molecule has 2 amide bonds. The molecule has 0 bridgehead atoms. The minimum absolute atomic E-state index is 0.110. The fraction of sp³-hybridized carbons (Fsp3) is 0.190. The summed E-state index contributed by atoms with van der Waals surface area (Å²) in [6.45, 7) is 4.00. The first kappa shape index (κ1) is 21.4. The minimum atomic E-state index is -0.123. The molecule has 0 aliphatic carbocycles. The number of thiazole rings is 1. The summed E-state index contributed by atoms with van der Waals surface area (Å²) in [6.07, 6.45) is 0.196. The molecule has 8 heteroatoms. The Morgan fingerprint density at radius 1 is 1.07 bits per heavy atom. The molecule has 0 spiro atoms. The van der Waals surface area contributed by atoms with Crippen molar-refractivity contribution in [1.29, 1.82) is 0 Å². The largest absolute Gasteiger partial charge is 0.325 e. The number of hydrogen-bond donors (Lipinski definition) is 2. The zero-order chi connectivity index (χ0) is 20.8. The van der Waals surface area contributed by atoms with Crippen LogP contribution < -0.4 is 10.6 Å². The van der Waals surface area contributed by atoms with Gasteiger partial charge in [0.25, 0.3) is 0 Å². The molecule has 0 aliphatic heterocycles. The molecule has 1 heterocycles. The van der Waals surface area contributed by atoms with E-state index in [4.69, 9.17) is 11.6 Å². The van der Waals surface area contributed by atoms with Crippen LogP contribution in [0.3, 0.4) is 0 Å². The third-order valence-corrected chi connectivity index (χ3v) is 6.53. The van der Waals surface area contributed by atoms with E-state index in [9.17, 15) is 9.59 Å². The van der Waals surface area contributed by atoms with Gasteiger partial charge in [-0.25, -0.2) is 4.98 Å². The highest BCUT2D eigenvalue weighted by molar-refractivity contribution is 8.01. The first-order valence-electron chi connectivity index (χ1n) is 8.89. The van der Waals surface area contributed by atoms with E-state index >= 15 is 0 Å². The van der Waals surface area contributed by atoms with Crippen LogP contribution in [0.5, 0.6) is 0 Å². The average molecular weight is 446 g/mol. The number of hydrogen-bond acceptors (Lipinski definition) is 5. The number of rotatable bonds is 7. The number of anilines is 2. The number of benzene rings is 2. The van der Waals surface area contributed by atoms with E-state index in [1.807, 2.05) is 37.4 Å². The normalized spacial score (nSPS) is 10.6. The molecule has 2 N–H and O–H groups in total. The lowest BCUT2D eigenvalue weighted by Gasteiger charge is -2.09. The van der Waals surface area contributed by atoms with Crippen molar-refractivity contribution < 1.29 is 9.59 Å². The Kier molecular flexibility index (Phi) is 7.30. The van der Waals surface area contributed by atoms with Crippen molar-refractivity contribution >= 4 is 57.9 Å². The maximum atomic E-state index is 12.3. The summed E-state index contributed by atoms with van der Waals surface area (Å²) in [7, 11) is 0. The van der Waals surface area contributed by atoms with Crippen molar-refractivity contribution in [3.63, 3.8) is 0 Å². The minimum Gasteiger partial charge on any atom is -0.325 e. The van der Waals surface area contributed by atoms with Crippen LogP contribution in [0, 0.1) is 13.8 Å². The van der Waals surface area contributed by atoms with Crippen molar-refractivity contribution in [3.05, 3.63) is 69.7 Å². The van der Waals surface area contributed by atoms with Crippen molar-refractivity contribution in [1.82, 2.24) is 4.98 Å². The molecule has 0 aliphatic rings. The Hall–Kier alpha value is -2.35. The van der Waals surface area contributed by atoms with Crippen LogP contribution in [0.4, 0.5) is 11.4 Å². The Bertz CT molecular complexity index is 1020. The second-order valence-electron chi connectivity index (χ2n) is 6.42. The van der Waals surface area contributed by atoms with Crippen LogP contribution in [-0.2, 0) is 16.0 Å². The van der Waals surface area contributed by atoms with Crippen LogP contribution in [0.15, 0.2) is 52.2 Å². The number of carbonyl (C=O) groups is 2. The molecular formula is C21H20ClN3O2S2. The molecule has 0 radical (unpaired) electrons. The van der Waals surface area contributed by atoms with Crippen LogP contribution >= 0.6 is 34.7 Å². The van der Waals surface area contributed by atoms with Crippen molar-refractivity contribution in [3.8, 4) is 0 Å². The summed E-state index contributed by atoms with van der Waals surface area (Å²) in [4.78, 5) is 28.8. The number of halogens is 1. The number of nitrogens with one attached hydrogen (secondary N) is 2. The Morgan fingerprint density at radius 3 is 2.59 bits per heavy atom. The lowest BCUT2D eigenvalue weighted by Crippen LogP contribution is -2.15. The molecule has 3 rings (SSSR count). The summed E-state index contributed by atoms with van der Waals surface area (Å²) < 4.78 is 0.755. The molecular weight excluding hydrogens is 426 g/mol. The van der Waals surface area contributed by atoms with Gasteiger partial charge in [0.1, 0.15) is 0 Å². The number of carbonyl (C=O) groups excluding carboxylic acids is 2. The predicted octanol–water partition coefficient (Wildman–Crippen LogP) is 5.33. The van der Waals surface area contributed by atoms with Gasteiger partial charge in [-0.1, -0.05) is 35.5 Å². The van der Waals surface area contributed by atoms with Crippen molar-refractivity contribution in [2.45, 2.75) is 24.6 Å². The van der Waals surface area contributed by atoms with Gasteiger partial charge in [-0.3, -0.25) is 9.59 Å². The lowest BCUT2D eigenvalue weighted by atomic mass is 10.1. The Labute approximate surface area is 182 Å². The molecule has 5 nitrogen and oxygen atoms in total. The van der Waals surface area contributed by atoms with Gasteiger partial charge in [0.15, 0.2) is 4.34 Å². The highest BCUT2D eigenvalue weighted by Gasteiger charge is 2.11. The van der Waals surface area contributed by atoms with Crippen LogP contribution in [0.25, 0.3) is 0 Å². The molecule has 150 valence electrons. The second-order valence-corrected chi connectivity index (χ2v) is 8.94. The van der Waals surface area contributed by atoms with E-state index in [1.54, 1.807) is 24.3 Å². The van der Waals surface area contributed by atoms with Crippen molar-refractivity contribution in [2.24, 2.45) is 0 Å².